The second-order valence-corrected chi connectivity index (χ2v) is 8.85. The first-order chi connectivity index (χ1) is 16.2. The number of hydrogen-bond acceptors (Lipinski definition) is 7. The molecular formula is C25H31ClN8. The first kappa shape index (κ1) is 24.1. The van der Waals surface area contributed by atoms with Crippen molar-refractivity contribution in [2.24, 2.45) is 11.5 Å². The topological polar surface area (TPSA) is 131 Å². The van der Waals surface area contributed by atoms with Gasteiger partial charge in [0.15, 0.2) is 5.65 Å². The highest BCUT2D eigenvalue weighted by Crippen LogP contribution is 2.26. The van der Waals surface area contributed by atoms with Crippen molar-refractivity contribution in [1.29, 1.82) is 0 Å². The Morgan fingerprint density at radius 1 is 1.00 bits per heavy atom. The largest absolute Gasteiger partial charge is 0.351 e. The summed E-state index contributed by atoms with van der Waals surface area (Å²) in [5.41, 5.74) is 16.6. The molecule has 8 nitrogen and oxygen atoms in total. The van der Waals surface area contributed by atoms with Gasteiger partial charge in [0.2, 0.25) is 5.95 Å². The molecule has 0 aliphatic heterocycles. The van der Waals surface area contributed by atoms with Crippen molar-refractivity contribution in [1.82, 2.24) is 25.1 Å². The Morgan fingerprint density at radius 3 is 2.56 bits per heavy atom. The molecule has 34 heavy (non-hydrogen) atoms. The summed E-state index contributed by atoms with van der Waals surface area (Å²) >= 11 is 0. The summed E-state index contributed by atoms with van der Waals surface area (Å²) in [6.45, 7) is 0.569. The van der Waals surface area contributed by atoms with Gasteiger partial charge in [0.25, 0.3) is 0 Å². The van der Waals surface area contributed by atoms with E-state index in [1.807, 2.05) is 42.6 Å². The van der Waals surface area contributed by atoms with Gasteiger partial charge in [0.05, 0.1) is 16.8 Å². The molecule has 1 aliphatic carbocycles. The monoisotopic (exact) mass is 478 g/mol. The predicted molar refractivity (Wildman–Crippen MR) is 138 cm³/mol. The van der Waals surface area contributed by atoms with E-state index in [1.165, 1.54) is 5.56 Å². The minimum atomic E-state index is 0. The van der Waals surface area contributed by atoms with E-state index in [0.717, 1.165) is 54.6 Å². The zero-order valence-corrected chi connectivity index (χ0v) is 19.8. The SMILES string of the molecule is Cl.NCC(Cc1cccc(-c2[nH]nc3nc(NC4CCC(N)CC4)ncc23)n1)c1ccccc1. The number of aromatic amines is 1. The number of nitrogens with two attached hydrogens (primary N) is 2. The minimum Gasteiger partial charge on any atom is -0.351 e. The third kappa shape index (κ3) is 5.35. The lowest BCUT2D eigenvalue weighted by molar-refractivity contribution is 0.410. The Hall–Kier alpha value is -3.07. The zero-order chi connectivity index (χ0) is 22.6. The molecule has 178 valence electrons. The van der Waals surface area contributed by atoms with Crippen molar-refractivity contribution in [3.63, 3.8) is 0 Å². The molecule has 3 heterocycles. The number of aromatic nitrogens is 5. The highest BCUT2D eigenvalue weighted by Gasteiger charge is 2.20. The van der Waals surface area contributed by atoms with Crippen LogP contribution in [0.2, 0.25) is 0 Å². The Balaban J connectivity index is 0.00000274. The highest BCUT2D eigenvalue weighted by molar-refractivity contribution is 5.89. The fourth-order valence-corrected chi connectivity index (χ4v) is 4.56. The molecule has 0 spiro atoms. The van der Waals surface area contributed by atoms with Crippen LogP contribution in [0.4, 0.5) is 5.95 Å². The first-order valence-corrected chi connectivity index (χ1v) is 11.6. The van der Waals surface area contributed by atoms with Crippen LogP contribution in [0.1, 0.15) is 42.9 Å². The molecule has 1 aromatic carbocycles. The second kappa shape index (κ2) is 10.9. The van der Waals surface area contributed by atoms with E-state index < -0.39 is 0 Å². The number of fused-ring (bicyclic) bond motifs is 1. The van der Waals surface area contributed by atoms with Crippen LogP contribution in [-0.2, 0) is 6.42 Å². The number of anilines is 1. The van der Waals surface area contributed by atoms with Gasteiger partial charge in [-0.1, -0.05) is 36.4 Å². The number of hydrogen-bond donors (Lipinski definition) is 4. The molecule has 1 unspecified atom stereocenters. The standard InChI is InChI=1S/C25H30N8.ClH/c26-14-17(16-5-2-1-3-6-16)13-20-7-4-8-22(29-20)23-21-15-28-25(31-24(21)33-32-23)30-19-11-9-18(27)10-12-19;/h1-8,15,17-19H,9-14,26-27H2,(H2,28,30,31,32,33);1H. The average molecular weight is 479 g/mol. The second-order valence-electron chi connectivity index (χ2n) is 8.85. The van der Waals surface area contributed by atoms with Crippen LogP contribution in [0.15, 0.2) is 54.7 Å². The Labute approximate surface area is 205 Å². The third-order valence-corrected chi connectivity index (χ3v) is 6.49. The van der Waals surface area contributed by atoms with Crippen molar-refractivity contribution in [3.8, 4) is 11.4 Å². The van der Waals surface area contributed by atoms with Gasteiger partial charge in [0.1, 0.15) is 0 Å². The van der Waals surface area contributed by atoms with Crippen LogP contribution < -0.4 is 16.8 Å². The minimum absolute atomic E-state index is 0. The van der Waals surface area contributed by atoms with Gasteiger partial charge in [-0.25, -0.2) is 4.98 Å². The van der Waals surface area contributed by atoms with E-state index in [4.69, 9.17) is 16.5 Å². The Morgan fingerprint density at radius 2 is 1.79 bits per heavy atom. The summed E-state index contributed by atoms with van der Waals surface area (Å²) < 4.78 is 0. The maximum Gasteiger partial charge on any atom is 0.224 e. The van der Waals surface area contributed by atoms with E-state index >= 15 is 0 Å². The van der Waals surface area contributed by atoms with Crippen LogP contribution in [0.5, 0.6) is 0 Å². The van der Waals surface area contributed by atoms with Crippen molar-refractivity contribution in [3.05, 3.63) is 66.0 Å². The smallest absolute Gasteiger partial charge is 0.224 e. The molecule has 0 saturated heterocycles. The fraction of sp³-hybridized carbons (Fsp3) is 0.360. The van der Waals surface area contributed by atoms with Gasteiger partial charge < -0.3 is 16.8 Å². The normalized spacial score (nSPS) is 18.9. The summed E-state index contributed by atoms with van der Waals surface area (Å²) in [6, 6.07) is 17.1. The van der Waals surface area contributed by atoms with E-state index in [1.54, 1.807) is 0 Å². The van der Waals surface area contributed by atoms with Crippen molar-refractivity contribution in [2.75, 3.05) is 11.9 Å². The van der Waals surface area contributed by atoms with E-state index in [0.29, 0.717) is 30.2 Å². The van der Waals surface area contributed by atoms with Crippen LogP contribution >= 0.6 is 12.4 Å². The molecule has 0 radical (unpaired) electrons. The van der Waals surface area contributed by atoms with Gasteiger partial charge in [-0.3, -0.25) is 10.1 Å². The molecule has 1 atom stereocenters. The number of nitrogens with zero attached hydrogens (tertiary/aromatic N) is 4. The van der Waals surface area contributed by atoms with Crippen molar-refractivity contribution in [2.45, 2.75) is 50.1 Å². The van der Waals surface area contributed by atoms with Gasteiger partial charge in [-0.15, -0.1) is 12.4 Å². The molecule has 1 fully saturated rings. The number of pyridine rings is 1. The van der Waals surface area contributed by atoms with Gasteiger partial charge in [0, 0.05) is 29.9 Å². The van der Waals surface area contributed by atoms with Crippen LogP contribution in [0.3, 0.4) is 0 Å². The lowest BCUT2D eigenvalue weighted by Gasteiger charge is -2.26. The molecule has 5 rings (SSSR count). The fourth-order valence-electron chi connectivity index (χ4n) is 4.56. The maximum absolute atomic E-state index is 6.07. The summed E-state index contributed by atoms with van der Waals surface area (Å²) in [5.74, 6) is 0.829. The number of halogens is 1. The molecule has 6 N–H and O–H groups in total. The highest BCUT2D eigenvalue weighted by atomic mass is 35.5. The van der Waals surface area contributed by atoms with Crippen molar-refractivity contribution < 1.29 is 0 Å². The summed E-state index contributed by atoms with van der Waals surface area (Å²) in [7, 11) is 0. The molecular weight excluding hydrogens is 448 g/mol. The van der Waals surface area contributed by atoms with Crippen molar-refractivity contribution >= 4 is 29.4 Å². The molecule has 0 amide bonds. The molecule has 1 aliphatic rings. The van der Waals surface area contributed by atoms with Gasteiger partial charge >= 0.3 is 0 Å². The van der Waals surface area contributed by atoms with Crippen LogP contribution in [-0.4, -0.2) is 43.8 Å². The average Bonchev–Trinajstić information content (AvgIpc) is 3.28. The molecule has 9 heteroatoms. The Bertz CT molecular complexity index is 1200. The lowest BCUT2D eigenvalue weighted by Crippen LogP contribution is -2.33. The predicted octanol–water partition coefficient (Wildman–Crippen LogP) is 3.80. The number of nitrogens with one attached hydrogen (secondary N) is 2. The maximum atomic E-state index is 6.07. The molecule has 0 bridgehead atoms. The zero-order valence-electron chi connectivity index (χ0n) is 19.0. The number of H-pyrrole nitrogens is 1. The van der Waals surface area contributed by atoms with E-state index in [-0.39, 0.29) is 18.3 Å². The summed E-state index contributed by atoms with van der Waals surface area (Å²) in [5, 5.41) is 11.8. The third-order valence-electron chi connectivity index (χ3n) is 6.49. The van der Waals surface area contributed by atoms with Crippen LogP contribution in [0.25, 0.3) is 22.4 Å². The van der Waals surface area contributed by atoms with Gasteiger partial charge in [-0.05, 0) is 56.3 Å². The summed E-state index contributed by atoms with van der Waals surface area (Å²) in [6.07, 6.45) is 6.73. The molecule has 1 saturated carbocycles. The van der Waals surface area contributed by atoms with E-state index in [9.17, 15) is 0 Å². The Kier molecular flexibility index (Phi) is 7.72. The van der Waals surface area contributed by atoms with Crippen LogP contribution in [0, 0.1) is 0 Å². The lowest BCUT2D eigenvalue weighted by atomic mass is 9.92. The number of rotatable bonds is 7. The molecule has 3 aromatic heterocycles. The quantitative estimate of drug-likeness (QED) is 0.317. The first-order valence-electron chi connectivity index (χ1n) is 11.6. The summed E-state index contributed by atoms with van der Waals surface area (Å²) in [4.78, 5) is 14.1. The van der Waals surface area contributed by atoms with E-state index in [2.05, 4.69) is 37.6 Å². The van der Waals surface area contributed by atoms with Gasteiger partial charge in [-0.2, -0.15) is 10.1 Å². The molecule has 4 aromatic rings. The number of benzene rings is 1.